The Morgan fingerprint density at radius 1 is 1.33 bits per heavy atom. The molecule has 0 radical (unpaired) electrons. The van der Waals surface area contributed by atoms with Gasteiger partial charge in [0.05, 0.1) is 6.61 Å². The molecule has 0 bridgehead atoms. The smallest absolute Gasteiger partial charge is 0.0615 e. The van der Waals surface area contributed by atoms with E-state index in [9.17, 15) is 0 Å². The molecule has 0 saturated carbocycles. The average Bonchev–Trinajstić information content (AvgIpc) is 2.37. The van der Waals surface area contributed by atoms with Crippen molar-refractivity contribution in [2.75, 3.05) is 26.8 Å². The predicted molar refractivity (Wildman–Crippen MR) is 77.0 cm³/mol. The second-order valence-electron chi connectivity index (χ2n) is 4.44. The van der Waals surface area contributed by atoms with Crippen LogP contribution >= 0.6 is 11.6 Å². The molecule has 0 heterocycles. The zero-order chi connectivity index (χ0) is 13.5. The van der Waals surface area contributed by atoms with Gasteiger partial charge in [-0.25, -0.2) is 0 Å². The third kappa shape index (κ3) is 3.95. The molecule has 0 aromatic heterocycles. The zero-order valence-corrected chi connectivity index (χ0v) is 12.2. The number of hydrogen-bond donors (Lipinski definition) is 1. The van der Waals surface area contributed by atoms with E-state index in [2.05, 4.69) is 18.7 Å². The molecule has 1 aromatic carbocycles. The lowest BCUT2D eigenvalue weighted by atomic mass is 10.0. The molecule has 1 rings (SSSR count). The van der Waals surface area contributed by atoms with Crippen LogP contribution in [0, 0.1) is 0 Å². The minimum absolute atomic E-state index is 0.206. The lowest BCUT2D eigenvalue weighted by molar-refractivity contribution is 0.0751. The number of ether oxygens (including phenoxy) is 1. The number of likely N-dealkylation sites (N-methyl/N-ethyl adjacent to an activating group) is 1. The van der Waals surface area contributed by atoms with E-state index in [1.165, 1.54) is 5.56 Å². The van der Waals surface area contributed by atoms with Crippen LogP contribution in [-0.2, 0) is 4.74 Å². The first kappa shape index (κ1) is 15.4. The molecule has 0 aliphatic rings. The molecule has 0 aliphatic heterocycles. The van der Waals surface area contributed by atoms with Crippen LogP contribution in [0.3, 0.4) is 0 Å². The first-order valence-electron chi connectivity index (χ1n) is 6.34. The van der Waals surface area contributed by atoms with Crippen LogP contribution in [0.1, 0.15) is 25.5 Å². The Hall–Kier alpha value is -0.610. The van der Waals surface area contributed by atoms with Gasteiger partial charge in [-0.3, -0.25) is 4.90 Å². The van der Waals surface area contributed by atoms with Crippen molar-refractivity contribution in [2.45, 2.75) is 25.9 Å². The van der Waals surface area contributed by atoms with E-state index in [0.717, 1.165) is 11.6 Å². The van der Waals surface area contributed by atoms with Gasteiger partial charge in [-0.05, 0) is 31.2 Å². The maximum Gasteiger partial charge on any atom is 0.0615 e. The fourth-order valence-corrected chi connectivity index (χ4v) is 2.45. The topological polar surface area (TPSA) is 38.5 Å². The Morgan fingerprint density at radius 3 is 2.39 bits per heavy atom. The standard InChI is InChI=1S/C14H23ClN2O/c1-4-17(11(2)10-18-3)14(9-16)12-5-7-13(15)8-6-12/h5-8,11,14H,4,9-10,16H2,1-3H3. The Bertz CT molecular complexity index is 342. The number of nitrogens with zero attached hydrogens (tertiary/aromatic N) is 1. The van der Waals surface area contributed by atoms with E-state index in [1.54, 1.807) is 7.11 Å². The minimum Gasteiger partial charge on any atom is -0.383 e. The Labute approximate surface area is 115 Å². The van der Waals surface area contributed by atoms with E-state index in [1.807, 2.05) is 24.3 Å². The lowest BCUT2D eigenvalue weighted by Crippen LogP contribution is -2.42. The summed E-state index contributed by atoms with van der Waals surface area (Å²) in [7, 11) is 1.73. The third-order valence-corrected chi connectivity index (χ3v) is 3.47. The number of methoxy groups -OCH3 is 1. The van der Waals surface area contributed by atoms with Gasteiger partial charge in [0.1, 0.15) is 0 Å². The van der Waals surface area contributed by atoms with Gasteiger partial charge in [-0.2, -0.15) is 0 Å². The molecule has 2 atom stereocenters. The molecule has 4 heteroatoms. The SMILES string of the molecule is CCN(C(C)COC)C(CN)c1ccc(Cl)cc1. The highest BCUT2D eigenvalue weighted by atomic mass is 35.5. The fraction of sp³-hybridized carbons (Fsp3) is 0.571. The number of nitrogens with two attached hydrogens (primary N) is 1. The first-order chi connectivity index (χ1) is 8.63. The first-order valence-corrected chi connectivity index (χ1v) is 6.72. The molecule has 2 unspecified atom stereocenters. The van der Waals surface area contributed by atoms with Crippen molar-refractivity contribution in [3.63, 3.8) is 0 Å². The van der Waals surface area contributed by atoms with Crippen molar-refractivity contribution in [1.82, 2.24) is 4.90 Å². The quantitative estimate of drug-likeness (QED) is 0.828. The van der Waals surface area contributed by atoms with E-state index < -0.39 is 0 Å². The Morgan fingerprint density at radius 2 is 1.94 bits per heavy atom. The van der Waals surface area contributed by atoms with Crippen LogP contribution < -0.4 is 5.73 Å². The normalized spacial score (nSPS) is 14.8. The van der Waals surface area contributed by atoms with Crippen molar-refractivity contribution in [3.8, 4) is 0 Å². The summed E-state index contributed by atoms with van der Waals surface area (Å²) in [6.45, 7) is 6.53. The fourth-order valence-electron chi connectivity index (χ4n) is 2.32. The van der Waals surface area contributed by atoms with Gasteiger partial charge in [-0.15, -0.1) is 0 Å². The molecule has 0 saturated heterocycles. The van der Waals surface area contributed by atoms with Gasteiger partial charge in [0.25, 0.3) is 0 Å². The molecule has 3 nitrogen and oxygen atoms in total. The molecular formula is C14H23ClN2O. The van der Waals surface area contributed by atoms with Gasteiger partial charge < -0.3 is 10.5 Å². The molecule has 0 fully saturated rings. The molecule has 0 amide bonds. The summed E-state index contributed by atoms with van der Waals surface area (Å²) in [6, 6.07) is 8.45. The van der Waals surface area contributed by atoms with Crippen LogP contribution in [-0.4, -0.2) is 37.7 Å². The van der Waals surface area contributed by atoms with E-state index in [-0.39, 0.29) is 6.04 Å². The van der Waals surface area contributed by atoms with Gasteiger partial charge in [0, 0.05) is 30.8 Å². The van der Waals surface area contributed by atoms with Crippen molar-refractivity contribution in [1.29, 1.82) is 0 Å². The summed E-state index contributed by atoms with van der Waals surface area (Å²) in [5, 5.41) is 0.752. The van der Waals surface area contributed by atoms with Crippen molar-refractivity contribution in [3.05, 3.63) is 34.9 Å². The molecule has 1 aromatic rings. The summed E-state index contributed by atoms with van der Waals surface area (Å²) < 4.78 is 5.23. The molecule has 102 valence electrons. The maximum absolute atomic E-state index is 5.94. The van der Waals surface area contributed by atoms with Crippen LogP contribution in [0.15, 0.2) is 24.3 Å². The zero-order valence-electron chi connectivity index (χ0n) is 11.4. The number of hydrogen-bond acceptors (Lipinski definition) is 3. The average molecular weight is 271 g/mol. The van der Waals surface area contributed by atoms with Gasteiger partial charge >= 0.3 is 0 Å². The van der Waals surface area contributed by atoms with Crippen molar-refractivity contribution < 1.29 is 4.74 Å². The maximum atomic E-state index is 5.94. The Kier molecular flexibility index (Phi) is 6.65. The second-order valence-corrected chi connectivity index (χ2v) is 4.87. The largest absolute Gasteiger partial charge is 0.383 e. The lowest BCUT2D eigenvalue weighted by Gasteiger charge is -2.35. The number of rotatable bonds is 7. The van der Waals surface area contributed by atoms with Crippen molar-refractivity contribution in [2.24, 2.45) is 5.73 Å². The van der Waals surface area contributed by atoms with Crippen LogP contribution in [0.2, 0.25) is 5.02 Å². The molecule has 2 N–H and O–H groups in total. The molecule has 18 heavy (non-hydrogen) atoms. The number of benzene rings is 1. The molecular weight excluding hydrogens is 248 g/mol. The summed E-state index contributed by atoms with van der Waals surface area (Å²) >= 11 is 5.92. The van der Waals surface area contributed by atoms with E-state index in [4.69, 9.17) is 22.1 Å². The Balaban J connectivity index is 2.88. The highest BCUT2D eigenvalue weighted by Gasteiger charge is 2.22. The summed E-state index contributed by atoms with van der Waals surface area (Å²) in [4.78, 5) is 2.35. The van der Waals surface area contributed by atoms with Gasteiger partial charge in [0.2, 0.25) is 0 Å². The monoisotopic (exact) mass is 270 g/mol. The van der Waals surface area contributed by atoms with Crippen LogP contribution in [0.4, 0.5) is 0 Å². The van der Waals surface area contributed by atoms with Crippen molar-refractivity contribution >= 4 is 11.6 Å². The minimum atomic E-state index is 0.206. The summed E-state index contributed by atoms with van der Waals surface area (Å²) in [5.74, 6) is 0. The molecule has 0 spiro atoms. The molecule has 0 aliphatic carbocycles. The summed E-state index contributed by atoms with van der Waals surface area (Å²) in [5.41, 5.74) is 7.14. The number of halogens is 1. The van der Waals surface area contributed by atoms with Crippen LogP contribution in [0.25, 0.3) is 0 Å². The highest BCUT2D eigenvalue weighted by molar-refractivity contribution is 6.30. The predicted octanol–water partition coefficient (Wildman–Crippen LogP) is 2.70. The van der Waals surface area contributed by atoms with Gasteiger partial charge in [-0.1, -0.05) is 30.7 Å². The van der Waals surface area contributed by atoms with E-state index in [0.29, 0.717) is 19.2 Å². The van der Waals surface area contributed by atoms with Crippen LogP contribution in [0.5, 0.6) is 0 Å². The second kappa shape index (κ2) is 7.74. The summed E-state index contributed by atoms with van der Waals surface area (Å²) in [6.07, 6.45) is 0. The van der Waals surface area contributed by atoms with E-state index >= 15 is 0 Å². The van der Waals surface area contributed by atoms with Gasteiger partial charge in [0.15, 0.2) is 0 Å². The third-order valence-electron chi connectivity index (χ3n) is 3.22. The highest BCUT2D eigenvalue weighted by Crippen LogP contribution is 2.23.